The molecule has 1 aromatic heterocycles. The van der Waals surface area contributed by atoms with Gasteiger partial charge in [-0.1, -0.05) is 0 Å². The quantitative estimate of drug-likeness (QED) is 0.645. The van der Waals surface area contributed by atoms with Gasteiger partial charge in [-0.3, -0.25) is 19.6 Å². The van der Waals surface area contributed by atoms with Crippen molar-refractivity contribution < 1.29 is 9.72 Å². The van der Waals surface area contributed by atoms with Gasteiger partial charge in [0.1, 0.15) is 5.69 Å². The van der Waals surface area contributed by atoms with Crippen LogP contribution in [0.4, 0.5) is 5.69 Å². The number of nitrogens with zero attached hydrogens (tertiary/aromatic N) is 4. The molecule has 9 heteroatoms. The van der Waals surface area contributed by atoms with Crippen molar-refractivity contribution in [1.29, 1.82) is 0 Å². The molecule has 1 N–H and O–H groups in total. The summed E-state index contributed by atoms with van der Waals surface area (Å²) < 4.78 is 1.30. The van der Waals surface area contributed by atoms with E-state index in [1.54, 1.807) is 18.9 Å². The van der Waals surface area contributed by atoms with Crippen LogP contribution in [0, 0.1) is 17.0 Å². The van der Waals surface area contributed by atoms with E-state index in [-0.39, 0.29) is 47.5 Å². The molecule has 2 rings (SSSR count). The smallest absolute Gasteiger partial charge is 0.322 e. The van der Waals surface area contributed by atoms with E-state index in [2.05, 4.69) is 10.4 Å². The maximum atomic E-state index is 12.6. The molecule has 1 amide bonds. The van der Waals surface area contributed by atoms with Crippen molar-refractivity contribution in [3.63, 3.8) is 0 Å². The monoisotopic (exact) mass is 317 g/mol. The molecular weight excluding hydrogens is 298 g/mol. The van der Waals surface area contributed by atoms with Crippen LogP contribution >= 0.6 is 12.4 Å². The third-order valence-electron chi connectivity index (χ3n) is 3.87. The number of hydrogen-bond acceptors (Lipinski definition) is 5. The van der Waals surface area contributed by atoms with Gasteiger partial charge in [0.2, 0.25) is 5.69 Å². The van der Waals surface area contributed by atoms with Gasteiger partial charge in [0.05, 0.1) is 4.92 Å². The number of rotatable bonds is 2. The second-order valence-corrected chi connectivity index (χ2v) is 5.15. The molecule has 1 aliphatic heterocycles. The Labute approximate surface area is 129 Å². The maximum Gasteiger partial charge on any atom is 0.322 e. The second kappa shape index (κ2) is 6.40. The molecule has 1 aromatic rings. The van der Waals surface area contributed by atoms with Gasteiger partial charge in [0.25, 0.3) is 5.91 Å². The summed E-state index contributed by atoms with van der Waals surface area (Å²) in [5.41, 5.74) is 0.112. The molecule has 0 saturated carbocycles. The van der Waals surface area contributed by atoms with Crippen LogP contribution in [0.5, 0.6) is 0 Å². The van der Waals surface area contributed by atoms with E-state index in [4.69, 9.17) is 0 Å². The van der Waals surface area contributed by atoms with Gasteiger partial charge >= 0.3 is 5.69 Å². The van der Waals surface area contributed by atoms with Crippen molar-refractivity contribution in [2.24, 2.45) is 7.05 Å². The van der Waals surface area contributed by atoms with Crippen LogP contribution < -0.4 is 5.32 Å². The van der Waals surface area contributed by atoms with Gasteiger partial charge in [-0.05, 0) is 20.8 Å². The van der Waals surface area contributed by atoms with E-state index in [1.165, 1.54) is 4.68 Å². The lowest BCUT2D eigenvalue weighted by Crippen LogP contribution is -2.57. The van der Waals surface area contributed by atoms with E-state index in [0.717, 1.165) is 0 Å². The number of aromatic nitrogens is 2. The highest BCUT2D eigenvalue weighted by atomic mass is 35.5. The van der Waals surface area contributed by atoms with E-state index in [9.17, 15) is 14.9 Å². The molecule has 1 saturated heterocycles. The predicted molar refractivity (Wildman–Crippen MR) is 79.8 cm³/mol. The van der Waals surface area contributed by atoms with Crippen molar-refractivity contribution in [2.75, 3.05) is 13.1 Å². The zero-order chi connectivity index (χ0) is 15.0. The van der Waals surface area contributed by atoms with E-state index >= 15 is 0 Å². The van der Waals surface area contributed by atoms with Crippen LogP contribution in [-0.4, -0.2) is 50.7 Å². The van der Waals surface area contributed by atoms with Crippen molar-refractivity contribution >= 4 is 24.0 Å². The van der Waals surface area contributed by atoms with Crippen molar-refractivity contribution in [2.45, 2.75) is 32.9 Å². The lowest BCUT2D eigenvalue weighted by molar-refractivity contribution is -0.385. The minimum atomic E-state index is -0.536. The van der Waals surface area contributed by atoms with Gasteiger partial charge in [0.15, 0.2) is 0 Å². The Morgan fingerprint density at radius 2 is 2.10 bits per heavy atom. The summed E-state index contributed by atoms with van der Waals surface area (Å²) in [5, 5.41) is 18.4. The van der Waals surface area contributed by atoms with Crippen molar-refractivity contribution in [3.8, 4) is 0 Å². The van der Waals surface area contributed by atoms with Crippen LogP contribution in [0.1, 0.15) is 30.0 Å². The number of hydrogen-bond donors (Lipinski definition) is 1. The highest BCUT2D eigenvalue weighted by Crippen LogP contribution is 2.25. The molecule has 2 unspecified atom stereocenters. The van der Waals surface area contributed by atoms with Crippen LogP contribution in [0.2, 0.25) is 0 Å². The van der Waals surface area contributed by atoms with Crippen molar-refractivity contribution in [3.05, 3.63) is 21.5 Å². The summed E-state index contributed by atoms with van der Waals surface area (Å²) in [6.07, 6.45) is 0. The third-order valence-corrected chi connectivity index (χ3v) is 3.87. The lowest BCUT2D eigenvalue weighted by atomic mass is 10.1. The van der Waals surface area contributed by atoms with Gasteiger partial charge in [-0.15, -0.1) is 12.4 Å². The molecule has 2 atom stereocenters. The third kappa shape index (κ3) is 3.01. The molecule has 0 radical (unpaired) electrons. The summed E-state index contributed by atoms with van der Waals surface area (Å²) in [5.74, 6) is -0.333. The average molecular weight is 318 g/mol. The Morgan fingerprint density at radius 1 is 1.48 bits per heavy atom. The standard InChI is InChI=1S/C12H19N5O3.ClH/c1-7-9(3)16(6-5-13-7)12(18)11-10(17(19)20)8(2)14-15(11)4;/h7,9,13H,5-6H2,1-4H3;1H. The summed E-state index contributed by atoms with van der Waals surface area (Å²) in [6, 6.07) is 0.132. The minimum Gasteiger partial charge on any atom is -0.332 e. The molecule has 118 valence electrons. The number of nitro groups is 1. The normalized spacial score (nSPS) is 21.8. The molecule has 0 aliphatic carbocycles. The van der Waals surface area contributed by atoms with Crippen molar-refractivity contribution in [1.82, 2.24) is 20.0 Å². The van der Waals surface area contributed by atoms with E-state index in [1.807, 2.05) is 13.8 Å². The number of piperazine rings is 1. The number of amides is 1. The average Bonchev–Trinajstić information content (AvgIpc) is 2.67. The molecule has 0 spiro atoms. The highest BCUT2D eigenvalue weighted by molar-refractivity contribution is 5.97. The first-order chi connectivity index (χ1) is 9.34. The first kappa shape index (κ1) is 17.4. The lowest BCUT2D eigenvalue weighted by Gasteiger charge is -2.38. The maximum absolute atomic E-state index is 12.6. The van der Waals surface area contributed by atoms with Crippen LogP contribution in [0.3, 0.4) is 0 Å². The number of aryl methyl sites for hydroxylation is 2. The van der Waals surface area contributed by atoms with Gasteiger partial charge in [-0.25, -0.2) is 0 Å². The SMILES string of the molecule is Cc1nn(C)c(C(=O)N2CCNC(C)C2C)c1[N+](=O)[O-].Cl. The zero-order valence-corrected chi connectivity index (χ0v) is 13.3. The summed E-state index contributed by atoms with van der Waals surface area (Å²) >= 11 is 0. The number of carbonyl (C=O) groups is 1. The second-order valence-electron chi connectivity index (χ2n) is 5.15. The number of halogens is 1. The Balaban J connectivity index is 0.00000220. The fourth-order valence-electron chi connectivity index (χ4n) is 2.58. The van der Waals surface area contributed by atoms with Crippen LogP contribution in [-0.2, 0) is 7.05 Å². The molecular formula is C12H20ClN5O3. The van der Waals surface area contributed by atoms with Crippen LogP contribution in [0.25, 0.3) is 0 Å². The fourth-order valence-corrected chi connectivity index (χ4v) is 2.58. The molecule has 0 bridgehead atoms. The first-order valence-corrected chi connectivity index (χ1v) is 6.57. The Morgan fingerprint density at radius 3 is 2.67 bits per heavy atom. The van der Waals surface area contributed by atoms with Crippen LogP contribution in [0.15, 0.2) is 0 Å². The van der Waals surface area contributed by atoms with E-state index in [0.29, 0.717) is 13.1 Å². The summed E-state index contributed by atoms with van der Waals surface area (Å²) in [4.78, 5) is 24.9. The molecule has 2 heterocycles. The number of nitrogens with one attached hydrogen (secondary N) is 1. The van der Waals surface area contributed by atoms with Gasteiger partial charge < -0.3 is 10.2 Å². The largest absolute Gasteiger partial charge is 0.332 e. The highest BCUT2D eigenvalue weighted by Gasteiger charge is 2.36. The van der Waals surface area contributed by atoms with Gasteiger partial charge in [0, 0.05) is 32.2 Å². The Hall–Kier alpha value is -1.67. The Bertz CT molecular complexity index is 559. The number of carbonyl (C=O) groups excluding carboxylic acids is 1. The summed E-state index contributed by atoms with van der Waals surface area (Å²) in [7, 11) is 1.56. The van der Waals surface area contributed by atoms with E-state index < -0.39 is 4.92 Å². The topological polar surface area (TPSA) is 93.3 Å². The molecule has 1 fully saturated rings. The molecule has 21 heavy (non-hydrogen) atoms. The first-order valence-electron chi connectivity index (χ1n) is 6.57. The minimum absolute atomic E-state index is 0. The molecule has 8 nitrogen and oxygen atoms in total. The molecule has 0 aromatic carbocycles. The summed E-state index contributed by atoms with van der Waals surface area (Å²) in [6.45, 7) is 6.68. The van der Waals surface area contributed by atoms with Gasteiger partial charge in [-0.2, -0.15) is 5.10 Å². The molecule has 1 aliphatic rings. The fraction of sp³-hybridized carbons (Fsp3) is 0.667. The Kier molecular flexibility index (Phi) is 5.30. The zero-order valence-electron chi connectivity index (χ0n) is 12.5. The predicted octanol–water partition coefficient (Wildman–Crippen LogP) is 0.881.